The summed E-state index contributed by atoms with van der Waals surface area (Å²) in [6.45, 7) is 11.3. The van der Waals surface area contributed by atoms with Gasteiger partial charge in [-0.05, 0) is 61.5 Å². The van der Waals surface area contributed by atoms with Crippen LogP contribution in [0.25, 0.3) is 0 Å². The van der Waals surface area contributed by atoms with Crippen LogP contribution in [-0.2, 0) is 22.6 Å². The van der Waals surface area contributed by atoms with Crippen LogP contribution in [0.15, 0.2) is 54.6 Å². The van der Waals surface area contributed by atoms with Crippen LogP contribution in [-0.4, -0.2) is 73.7 Å². The van der Waals surface area contributed by atoms with Crippen molar-refractivity contribution >= 4 is 11.8 Å². The van der Waals surface area contributed by atoms with Crippen LogP contribution in [0.3, 0.4) is 0 Å². The van der Waals surface area contributed by atoms with Gasteiger partial charge in [0.25, 0.3) is 0 Å². The van der Waals surface area contributed by atoms with Crippen LogP contribution in [0.4, 0.5) is 0 Å². The maximum Gasteiger partial charge on any atom is 0.242 e. The molecule has 0 aliphatic heterocycles. The standard InChI is InChI=1S/C32H50N4O4/c1-24(2)15-19-36(5)30(21-25(3)4)32(39)35-29(31(38)34-17-16-33-18-20-37)22-26-11-13-28(14-12-26)40-23-27-9-7-6-8-10-27/h6-14,24-25,29-30,33,37H,15-23H2,1-5H3,(H,34,38)(H,35,39)/t29-,30-/m0/s1. The van der Waals surface area contributed by atoms with Gasteiger partial charge in [0.05, 0.1) is 12.6 Å². The van der Waals surface area contributed by atoms with Crippen molar-refractivity contribution in [2.45, 2.75) is 65.6 Å². The van der Waals surface area contributed by atoms with Gasteiger partial charge in [-0.25, -0.2) is 0 Å². The van der Waals surface area contributed by atoms with Crippen molar-refractivity contribution in [1.29, 1.82) is 0 Å². The summed E-state index contributed by atoms with van der Waals surface area (Å²) in [5.74, 6) is 1.28. The highest BCUT2D eigenvalue weighted by Gasteiger charge is 2.29. The molecule has 2 atom stereocenters. The molecule has 222 valence electrons. The van der Waals surface area contributed by atoms with E-state index in [2.05, 4.69) is 48.5 Å². The summed E-state index contributed by atoms with van der Waals surface area (Å²) in [6, 6.07) is 16.6. The Labute approximate surface area is 240 Å². The molecule has 2 amide bonds. The van der Waals surface area contributed by atoms with E-state index in [0.29, 0.717) is 50.9 Å². The number of benzene rings is 2. The van der Waals surface area contributed by atoms with Gasteiger partial charge in [-0.15, -0.1) is 0 Å². The summed E-state index contributed by atoms with van der Waals surface area (Å²) in [7, 11) is 1.99. The van der Waals surface area contributed by atoms with E-state index in [9.17, 15) is 9.59 Å². The zero-order valence-electron chi connectivity index (χ0n) is 25.0. The lowest BCUT2D eigenvalue weighted by Gasteiger charge is -2.30. The molecule has 8 heteroatoms. The normalized spacial score (nSPS) is 12.9. The summed E-state index contributed by atoms with van der Waals surface area (Å²) in [6.07, 6.45) is 2.08. The van der Waals surface area contributed by atoms with E-state index in [0.717, 1.165) is 29.8 Å². The summed E-state index contributed by atoms with van der Waals surface area (Å²) in [5, 5.41) is 18.0. The van der Waals surface area contributed by atoms with Gasteiger partial charge >= 0.3 is 0 Å². The van der Waals surface area contributed by atoms with Gasteiger partial charge in [0.15, 0.2) is 0 Å². The quantitative estimate of drug-likeness (QED) is 0.199. The Bertz CT molecular complexity index is 982. The summed E-state index contributed by atoms with van der Waals surface area (Å²) < 4.78 is 5.90. The molecule has 0 saturated heterocycles. The molecule has 0 aromatic heterocycles. The zero-order valence-corrected chi connectivity index (χ0v) is 25.0. The monoisotopic (exact) mass is 554 g/mol. The molecule has 0 aliphatic carbocycles. The molecule has 0 fully saturated rings. The molecule has 2 aromatic carbocycles. The van der Waals surface area contributed by atoms with Crippen molar-refractivity contribution in [2.24, 2.45) is 11.8 Å². The Morgan fingerprint density at radius 1 is 0.875 bits per heavy atom. The Balaban J connectivity index is 2.10. The number of carbonyl (C=O) groups is 2. The molecule has 0 spiro atoms. The van der Waals surface area contributed by atoms with E-state index in [4.69, 9.17) is 9.84 Å². The molecule has 0 radical (unpaired) electrons. The number of amides is 2. The minimum Gasteiger partial charge on any atom is -0.489 e. The van der Waals surface area contributed by atoms with Crippen LogP contribution in [0.5, 0.6) is 5.75 Å². The molecule has 2 aromatic rings. The Kier molecular flexibility index (Phi) is 15.3. The summed E-state index contributed by atoms with van der Waals surface area (Å²) >= 11 is 0. The number of ether oxygens (including phenoxy) is 1. The van der Waals surface area contributed by atoms with E-state index < -0.39 is 6.04 Å². The molecule has 8 nitrogen and oxygen atoms in total. The predicted octanol–water partition coefficient (Wildman–Crippen LogP) is 3.38. The molecular formula is C32H50N4O4. The molecule has 0 aliphatic rings. The maximum atomic E-state index is 13.6. The first-order chi connectivity index (χ1) is 19.2. The third-order valence-electron chi connectivity index (χ3n) is 6.72. The lowest BCUT2D eigenvalue weighted by Crippen LogP contribution is -2.54. The zero-order chi connectivity index (χ0) is 29.3. The first kappa shape index (κ1) is 33.3. The number of aliphatic hydroxyl groups excluding tert-OH is 1. The number of likely N-dealkylation sites (N-methyl/N-ethyl adjacent to an activating group) is 1. The predicted molar refractivity (Wildman–Crippen MR) is 161 cm³/mol. The Morgan fingerprint density at radius 2 is 1.57 bits per heavy atom. The van der Waals surface area contributed by atoms with Crippen molar-refractivity contribution in [3.63, 3.8) is 0 Å². The highest BCUT2D eigenvalue weighted by Crippen LogP contribution is 2.17. The Morgan fingerprint density at radius 3 is 2.20 bits per heavy atom. The molecule has 4 N–H and O–H groups in total. The van der Waals surface area contributed by atoms with Crippen molar-refractivity contribution < 1.29 is 19.4 Å². The number of aliphatic hydroxyl groups is 1. The molecule has 0 heterocycles. The number of nitrogens with one attached hydrogen (secondary N) is 3. The second kappa shape index (κ2) is 18.4. The van der Waals surface area contributed by atoms with Crippen LogP contribution in [0, 0.1) is 11.8 Å². The van der Waals surface area contributed by atoms with Gasteiger partial charge in [-0.3, -0.25) is 14.5 Å². The van der Waals surface area contributed by atoms with Crippen LogP contribution >= 0.6 is 0 Å². The fourth-order valence-electron chi connectivity index (χ4n) is 4.33. The lowest BCUT2D eigenvalue weighted by molar-refractivity contribution is -0.132. The van der Waals surface area contributed by atoms with Gasteiger partial charge in [-0.1, -0.05) is 70.2 Å². The van der Waals surface area contributed by atoms with E-state index in [1.165, 1.54) is 0 Å². The minimum atomic E-state index is -0.713. The maximum absolute atomic E-state index is 13.6. The number of nitrogens with zero attached hydrogens (tertiary/aromatic N) is 1. The van der Waals surface area contributed by atoms with Gasteiger partial charge in [-0.2, -0.15) is 0 Å². The minimum absolute atomic E-state index is 0.0409. The van der Waals surface area contributed by atoms with E-state index in [-0.39, 0.29) is 24.5 Å². The second-order valence-corrected chi connectivity index (χ2v) is 11.3. The second-order valence-electron chi connectivity index (χ2n) is 11.3. The summed E-state index contributed by atoms with van der Waals surface area (Å²) in [4.78, 5) is 28.9. The van der Waals surface area contributed by atoms with Gasteiger partial charge < -0.3 is 25.8 Å². The van der Waals surface area contributed by atoms with Crippen molar-refractivity contribution in [3.8, 4) is 5.75 Å². The summed E-state index contributed by atoms with van der Waals surface area (Å²) in [5.41, 5.74) is 2.02. The SMILES string of the molecule is CC(C)CCN(C)[C@@H](CC(C)C)C(=O)N[C@@H](Cc1ccc(OCc2ccccc2)cc1)C(=O)NCCNCCO. The lowest BCUT2D eigenvalue weighted by atomic mass is 9.99. The van der Waals surface area contributed by atoms with Crippen molar-refractivity contribution in [2.75, 3.05) is 39.8 Å². The molecule has 0 bridgehead atoms. The fraction of sp³-hybridized carbons (Fsp3) is 0.562. The van der Waals surface area contributed by atoms with Gasteiger partial charge in [0.1, 0.15) is 18.4 Å². The van der Waals surface area contributed by atoms with E-state index in [1.807, 2.05) is 61.6 Å². The third-order valence-corrected chi connectivity index (χ3v) is 6.72. The van der Waals surface area contributed by atoms with Crippen LogP contribution in [0.2, 0.25) is 0 Å². The first-order valence-electron chi connectivity index (χ1n) is 14.5. The molecule has 2 rings (SSSR count). The highest BCUT2D eigenvalue weighted by molar-refractivity contribution is 5.90. The van der Waals surface area contributed by atoms with Crippen molar-refractivity contribution in [3.05, 3.63) is 65.7 Å². The highest BCUT2D eigenvalue weighted by atomic mass is 16.5. The number of rotatable bonds is 19. The number of hydrogen-bond donors (Lipinski definition) is 4. The fourth-order valence-corrected chi connectivity index (χ4v) is 4.33. The third kappa shape index (κ3) is 12.9. The van der Waals surface area contributed by atoms with Gasteiger partial charge in [0, 0.05) is 26.1 Å². The largest absolute Gasteiger partial charge is 0.489 e. The Hall–Kier alpha value is -2.94. The number of hydrogen-bond acceptors (Lipinski definition) is 6. The molecular weight excluding hydrogens is 504 g/mol. The van der Waals surface area contributed by atoms with Crippen molar-refractivity contribution in [1.82, 2.24) is 20.9 Å². The molecule has 0 saturated carbocycles. The smallest absolute Gasteiger partial charge is 0.242 e. The topological polar surface area (TPSA) is 103 Å². The van der Waals surface area contributed by atoms with E-state index >= 15 is 0 Å². The molecule has 40 heavy (non-hydrogen) atoms. The average Bonchev–Trinajstić information content (AvgIpc) is 2.94. The average molecular weight is 555 g/mol. The van der Waals surface area contributed by atoms with Crippen LogP contribution < -0.4 is 20.7 Å². The van der Waals surface area contributed by atoms with E-state index in [1.54, 1.807) is 0 Å². The number of carbonyl (C=O) groups excluding carboxylic acids is 2. The van der Waals surface area contributed by atoms with Gasteiger partial charge in [0.2, 0.25) is 11.8 Å². The molecule has 0 unspecified atom stereocenters. The van der Waals surface area contributed by atoms with Crippen LogP contribution in [0.1, 0.15) is 51.7 Å². The first-order valence-corrected chi connectivity index (χ1v) is 14.5.